The summed E-state index contributed by atoms with van der Waals surface area (Å²) < 4.78 is 0. The van der Waals surface area contributed by atoms with E-state index in [1.54, 1.807) is 0 Å². The molecule has 3 aliphatic rings. The Kier molecular flexibility index (Phi) is 8.87. The summed E-state index contributed by atoms with van der Waals surface area (Å²) >= 11 is 0. The van der Waals surface area contributed by atoms with Gasteiger partial charge in [-0.2, -0.15) is 0 Å². The number of hydrogen-bond donors (Lipinski definition) is 1. The van der Waals surface area contributed by atoms with Crippen molar-refractivity contribution in [3.63, 3.8) is 0 Å². The summed E-state index contributed by atoms with van der Waals surface area (Å²) in [6.45, 7) is 9.47. The molecule has 0 heterocycles. The minimum absolute atomic E-state index is 0.668. The molecule has 0 unspecified atom stereocenters. The van der Waals surface area contributed by atoms with Crippen LogP contribution in [0.2, 0.25) is 0 Å². The van der Waals surface area contributed by atoms with Gasteiger partial charge in [0.2, 0.25) is 0 Å². The van der Waals surface area contributed by atoms with Crippen molar-refractivity contribution in [3.05, 3.63) is 35.1 Å². The van der Waals surface area contributed by atoms with Crippen LogP contribution in [0.4, 0.5) is 0 Å². The molecule has 3 heteroatoms. The van der Waals surface area contributed by atoms with Crippen molar-refractivity contribution in [2.45, 2.75) is 110 Å². The van der Waals surface area contributed by atoms with Crippen LogP contribution in [-0.2, 0) is 0 Å². The van der Waals surface area contributed by atoms with Gasteiger partial charge in [-0.05, 0) is 88.5 Å². The van der Waals surface area contributed by atoms with Gasteiger partial charge in [0.05, 0.1) is 0 Å². The lowest BCUT2D eigenvalue weighted by atomic mass is 9.67. The third-order valence-corrected chi connectivity index (χ3v) is 9.20. The fraction of sp³-hybridized carbons (Fsp3) is 0.786. The van der Waals surface area contributed by atoms with E-state index in [0.29, 0.717) is 23.9 Å². The van der Waals surface area contributed by atoms with E-state index in [4.69, 9.17) is 5.73 Å². The average molecular weight is 428 g/mol. The third kappa shape index (κ3) is 5.85. The molecular formula is C28H49N3. The summed E-state index contributed by atoms with van der Waals surface area (Å²) in [5.41, 5.74) is 12.7. The first-order valence-corrected chi connectivity index (χ1v) is 13.1. The summed E-state index contributed by atoms with van der Waals surface area (Å²) in [4.78, 5) is 0. The van der Waals surface area contributed by atoms with Crippen LogP contribution in [0.5, 0.6) is 0 Å². The van der Waals surface area contributed by atoms with Crippen LogP contribution < -0.4 is 5.73 Å². The lowest BCUT2D eigenvalue weighted by molar-refractivity contribution is 0.00181. The highest BCUT2D eigenvalue weighted by molar-refractivity contribution is 5.31. The Balaban J connectivity index is 1.68. The van der Waals surface area contributed by atoms with Gasteiger partial charge in [0.15, 0.2) is 0 Å². The molecule has 0 amide bonds. The van der Waals surface area contributed by atoms with Crippen LogP contribution in [0.15, 0.2) is 35.1 Å². The lowest BCUT2D eigenvalue weighted by Gasteiger charge is -2.40. The Bertz CT molecular complexity index is 652. The fourth-order valence-corrected chi connectivity index (χ4v) is 6.78. The van der Waals surface area contributed by atoms with Crippen LogP contribution in [0.3, 0.4) is 0 Å². The maximum absolute atomic E-state index is 6.33. The molecule has 0 bridgehead atoms. The molecule has 0 aromatic carbocycles. The van der Waals surface area contributed by atoms with E-state index >= 15 is 0 Å². The maximum Gasteiger partial charge on any atom is 0.0297 e. The molecule has 3 nitrogen and oxygen atoms in total. The Hall–Kier alpha value is -1.06. The third-order valence-electron chi connectivity index (χ3n) is 9.20. The smallest absolute Gasteiger partial charge is 0.0297 e. The second-order valence-electron chi connectivity index (χ2n) is 10.9. The van der Waals surface area contributed by atoms with Crippen LogP contribution in [0, 0.1) is 11.3 Å². The molecule has 0 atom stereocenters. The van der Waals surface area contributed by atoms with Gasteiger partial charge in [-0.15, -0.1) is 0 Å². The zero-order valence-electron chi connectivity index (χ0n) is 21.0. The molecule has 1 spiro atoms. The minimum atomic E-state index is 0.668. The molecule has 176 valence electrons. The molecule has 0 aromatic heterocycles. The van der Waals surface area contributed by atoms with Crippen molar-refractivity contribution in [2.24, 2.45) is 17.1 Å². The standard InChI is InChI=1S/C28H49N3/c1-6-24(23(3)30(4)31(5)26-12-8-7-9-13-26)20-22(2)27(21-29)25-14-18-28(19-15-25)16-10-11-17-28/h6,25-26H,1,7-21,29H2,2-5H3/b24-23+,27-22+. The summed E-state index contributed by atoms with van der Waals surface area (Å²) in [7, 11) is 4.48. The molecular weight excluding hydrogens is 378 g/mol. The molecule has 0 aliphatic heterocycles. The summed E-state index contributed by atoms with van der Waals surface area (Å²) in [6, 6.07) is 0.668. The molecule has 3 rings (SSSR count). The number of nitrogens with zero attached hydrogens (tertiary/aromatic N) is 2. The molecule has 31 heavy (non-hydrogen) atoms. The minimum Gasteiger partial charge on any atom is -0.327 e. The van der Waals surface area contributed by atoms with Crippen LogP contribution in [-0.4, -0.2) is 36.7 Å². The SMILES string of the molecule is C=C/C(C/C(C)=C(\CN)C1CCC2(CCCC2)CC1)=C(/C)N(C)N(C)C1CCCCC1. The van der Waals surface area contributed by atoms with Gasteiger partial charge < -0.3 is 10.7 Å². The van der Waals surface area contributed by atoms with E-state index in [1.807, 2.05) is 0 Å². The topological polar surface area (TPSA) is 32.5 Å². The quantitative estimate of drug-likeness (QED) is 0.258. The summed E-state index contributed by atoms with van der Waals surface area (Å²) in [5.74, 6) is 0.699. The van der Waals surface area contributed by atoms with Crippen molar-refractivity contribution >= 4 is 0 Å². The molecule has 0 saturated heterocycles. The van der Waals surface area contributed by atoms with Crippen LogP contribution >= 0.6 is 0 Å². The number of nitrogens with two attached hydrogens (primary N) is 1. The van der Waals surface area contributed by atoms with Crippen LogP contribution in [0.25, 0.3) is 0 Å². The largest absolute Gasteiger partial charge is 0.327 e. The van der Waals surface area contributed by atoms with Gasteiger partial charge in [-0.25, -0.2) is 5.01 Å². The Morgan fingerprint density at radius 2 is 1.55 bits per heavy atom. The summed E-state index contributed by atoms with van der Waals surface area (Å²) in [5, 5.41) is 4.83. The molecule has 3 saturated carbocycles. The highest BCUT2D eigenvalue weighted by Crippen LogP contribution is 2.51. The van der Waals surface area contributed by atoms with E-state index in [-0.39, 0.29) is 0 Å². The van der Waals surface area contributed by atoms with Gasteiger partial charge in [0, 0.05) is 32.4 Å². The molecule has 3 fully saturated rings. The number of hydrogen-bond acceptors (Lipinski definition) is 3. The summed E-state index contributed by atoms with van der Waals surface area (Å²) in [6.07, 6.45) is 21.2. The predicted molar refractivity (Wildman–Crippen MR) is 135 cm³/mol. The number of rotatable bonds is 8. The lowest BCUT2D eigenvalue weighted by Crippen LogP contribution is -2.44. The van der Waals surface area contributed by atoms with Crippen molar-refractivity contribution < 1.29 is 0 Å². The Labute approximate surface area is 192 Å². The predicted octanol–water partition coefficient (Wildman–Crippen LogP) is 6.97. The van der Waals surface area contributed by atoms with E-state index in [0.717, 1.165) is 6.42 Å². The number of allylic oxidation sites excluding steroid dienone is 4. The first kappa shape index (κ1) is 24.6. The van der Waals surface area contributed by atoms with Gasteiger partial charge in [0.25, 0.3) is 0 Å². The second-order valence-corrected chi connectivity index (χ2v) is 10.9. The van der Waals surface area contributed by atoms with E-state index < -0.39 is 0 Å². The van der Waals surface area contributed by atoms with Gasteiger partial charge in [0.1, 0.15) is 0 Å². The van der Waals surface area contributed by atoms with Crippen molar-refractivity contribution in [1.82, 2.24) is 10.0 Å². The zero-order valence-corrected chi connectivity index (χ0v) is 21.0. The maximum atomic E-state index is 6.33. The first-order chi connectivity index (χ1) is 14.9. The van der Waals surface area contributed by atoms with E-state index in [2.05, 4.69) is 50.6 Å². The van der Waals surface area contributed by atoms with Gasteiger partial charge in [-0.3, -0.25) is 0 Å². The monoisotopic (exact) mass is 427 g/mol. The van der Waals surface area contributed by atoms with Crippen molar-refractivity contribution in [3.8, 4) is 0 Å². The Morgan fingerprint density at radius 3 is 2.10 bits per heavy atom. The molecule has 0 radical (unpaired) electrons. The average Bonchev–Trinajstić information content (AvgIpc) is 3.26. The highest BCUT2D eigenvalue weighted by Gasteiger charge is 2.38. The molecule has 2 N–H and O–H groups in total. The highest BCUT2D eigenvalue weighted by atomic mass is 15.6. The zero-order chi connectivity index (χ0) is 22.4. The van der Waals surface area contributed by atoms with Crippen molar-refractivity contribution in [1.29, 1.82) is 0 Å². The number of hydrazine groups is 1. The normalized spacial score (nSPS) is 24.3. The van der Waals surface area contributed by atoms with Crippen molar-refractivity contribution in [2.75, 3.05) is 20.6 Å². The molecule has 3 aliphatic carbocycles. The van der Waals surface area contributed by atoms with E-state index in [9.17, 15) is 0 Å². The Morgan fingerprint density at radius 1 is 0.935 bits per heavy atom. The first-order valence-electron chi connectivity index (χ1n) is 13.1. The van der Waals surface area contributed by atoms with E-state index in [1.165, 1.54) is 106 Å². The molecule has 0 aromatic rings. The van der Waals surface area contributed by atoms with Crippen LogP contribution in [0.1, 0.15) is 104 Å². The van der Waals surface area contributed by atoms with Gasteiger partial charge in [-0.1, -0.05) is 55.9 Å². The second kappa shape index (κ2) is 11.2. The van der Waals surface area contributed by atoms with Gasteiger partial charge >= 0.3 is 0 Å². The fourth-order valence-electron chi connectivity index (χ4n) is 6.78.